The Morgan fingerprint density at radius 2 is 1.95 bits per heavy atom. The fourth-order valence-corrected chi connectivity index (χ4v) is 2.81. The third-order valence-electron chi connectivity index (χ3n) is 2.70. The van der Waals surface area contributed by atoms with Gasteiger partial charge in [-0.2, -0.15) is 0 Å². The largest absolute Gasteiger partial charge is 0.479 e. The van der Waals surface area contributed by atoms with Gasteiger partial charge in [0.2, 0.25) is 0 Å². The molecule has 0 radical (unpaired) electrons. The number of halogens is 2. The molecule has 1 amide bonds. The van der Waals surface area contributed by atoms with Crippen LogP contribution in [0.5, 0.6) is 0 Å². The molecule has 0 fully saturated rings. The third kappa shape index (κ3) is 4.24. The molecule has 0 saturated heterocycles. The molecule has 3 N–H and O–H groups in total. The van der Waals surface area contributed by atoms with Crippen LogP contribution in [0.2, 0.25) is 0 Å². The summed E-state index contributed by atoms with van der Waals surface area (Å²) < 4.78 is 37.2. The molecule has 1 unspecified atom stereocenters. The van der Waals surface area contributed by atoms with E-state index in [0.717, 1.165) is 25.3 Å². The lowest BCUT2D eigenvalue weighted by Crippen LogP contribution is -2.46. The van der Waals surface area contributed by atoms with Gasteiger partial charge in [-0.15, -0.1) is 0 Å². The van der Waals surface area contributed by atoms with Crippen LogP contribution in [0.1, 0.15) is 17.3 Å². The van der Waals surface area contributed by atoms with Gasteiger partial charge in [0, 0.05) is 10.7 Å². The average Bonchev–Trinajstić information content (AvgIpc) is 2.36. The van der Waals surface area contributed by atoms with Crippen LogP contribution in [0.4, 0.5) is 4.39 Å². The van der Waals surface area contributed by atoms with Gasteiger partial charge in [-0.3, -0.25) is 4.79 Å². The predicted octanol–water partition coefficient (Wildman–Crippen LogP) is 0.557. The van der Waals surface area contributed by atoms with Crippen molar-refractivity contribution in [3.63, 3.8) is 0 Å². The zero-order chi connectivity index (χ0) is 17.3. The molecule has 10 heteroatoms. The molecule has 1 rings (SSSR count). The topological polar surface area (TPSA) is 121 Å². The number of hydrogen-bond donors (Lipinski definition) is 3. The molecule has 0 bridgehead atoms. The van der Waals surface area contributed by atoms with E-state index in [2.05, 4.69) is 15.9 Å². The number of aliphatic hydroxyl groups is 1. The first-order valence-electron chi connectivity index (χ1n) is 5.79. The molecule has 0 heterocycles. The van der Waals surface area contributed by atoms with Gasteiger partial charge in [-0.1, -0.05) is 15.9 Å². The SMILES string of the molecule is CC(O)(CNC(=O)c1cc(Br)cc(S(C)(=O)=O)c1F)C(=O)O. The van der Waals surface area contributed by atoms with E-state index in [1.165, 1.54) is 0 Å². The molecule has 122 valence electrons. The lowest BCUT2D eigenvalue weighted by molar-refractivity contribution is -0.155. The molecule has 0 saturated carbocycles. The summed E-state index contributed by atoms with van der Waals surface area (Å²) in [6.45, 7) is 0.274. The second-order valence-electron chi connectivity index (χ2n) is 4.80. The monoisotopic (exact) mass is 397 g/mol. The number of carboxylic acids is 1. The Morgan fingerprint density at radius 3 is 2.41 bits per heavy atom. The first-order chi connectivity index (χ1) is 9.86. The van der Waals surface area contributed by atoms with Crippen molar-refractivity contribution in [2.24, 2.45) is 0 Å². The van der Waals surface area contributed by atoms with Crippen molar-refractivity contribution in [2.45, 2.75) is 17.4 Å². The second-order valence-corrected chi connectivity index (χ2v) is 7.70. The molecule has 0 aromatic heterocycles. The highest BCUT2D eigenvalue weighted by atomic mass is 79.9. The maximum absolute atomic E-state index is 14.1. The summed E-state index contributed by atoms with van der Waals surface area (Å²) >= 11 is 2.97. The van der Waals surface area contributed by atoms with Crippen LogP contribution < -0.4 is 5.32 Å². The van der Waals surface area contributed by atoms with E-state index in [0.29, 0.717) is 0 Å². The van der Waals surface area contributed by atoms with Crippen LogP contribution in [-0.2, 0) is 14.6 Å². The van der Waals surface area contributed by atoms with E-state index in [1.807, 2.05) is 5.32 Å². The van der Waals surface area contributed by atoms with E-state index >= 15 is 0 Å². The summed E-state index contributed by atoms with van der Waals surface area (Å²) in [4.78, 5) is 21.9. The Labute approximate surface area is 134 Å². The van der Waals surface area contributed by atoms with Gasteiger partial charge in [0.15, 0.2) is 21.3 Å². The number of aliphatic carboxylic acids is 1. The lowest BCUT2D eigenvalue weighted by Gasteiger charge is -2.18. The third-order valence-corrected chi connectivity index (χ3v) is 4.26. The van der Waals surface area contributed by atoms with Gasteiger partial charge in [-0.05, 0) is 19.1 Å². The number of carbonyl (C=O) groups excluding carboxylic acids is 1. The van der Waals surface area contributed by atoms with Gasteiger partial charge < -0.3 is 15.5 Å². The second kappa shape index (κ2) is 6.31. The number of amides is 1. The Hall–Kier alpha value is -1.52. The first kappa shape index (κ1) is 18.5. The summed E-state index contributed by atoms with van der Waals surface area (Å²) in [5.74, 6) is -3.87. The minimum absolute atomic E-state index is 0.157. The number of carboxylic acid groups (broad SMARTS) is 1. The number of benzene rings is 1. The highest BCUT2D eigenvalue weighted by Crippen LogP contribution is 2.24. The summed E-state index contributed by atoms with van der Waals surface area (Å²) in [6, 6.07) is 2.06. The van der Waals surface area contributed by atoms with Gasteiger partial charge in [-0.25, -0.2) is 17.6 Å². The zero-order valence-corrected chi connectivity index (χ0v) is 14.0. The van der Waals surface area contributed by atoms with Gasteiger partial charge in [0.1, 0.15) is 4.90 Å². The lowest BCUT2D eigenvalue weighted by atomic mass is 10.1. The van der Waals surface area contributed by atoms with Crippen LogP contribution in [-0.4, -0.2) is 48.9 Å². The van der Waals surface area contributed by atoms with Crippen molar-refractivity contribution in [3.8, 4) is 0 Å². The van der Waals surface area contributed by atoms with E-state index in [4.69, 9.17) is 5.11 Å². The molecule has 1 aromatic carbocycles. The quantitative estimate of drug-likeness (QED) is 0.667. The standard InChI is InChI=1S/C12H13BrFNO6S/c1-12(19,11(17)18)5-15-10(16)7-3-6(13)4-8(9(7)14)22(2,20)21/h3-4,19H,5H2,1-2H3,(H,15,16)(H,17,18). The summed E-state index contributed by atoms with van der Waals surface area (Å²) in [5.41, 5.74) is -2.83. The Morgan fingerprint density at radius 1 is 1.41 bits per heavy atom. The number of hydrogen-bond acceptors (Lipinski definition) is 5. The molecule has 0 aliphatic carbocycles. The maximum Gasteiger partial charge on any atom is 0.337 e. The fraction of sp³-hybridized carbons (Fsp3) is 0.333. The van der Waals surface area contributed by atoms with Crippen molar-refractivity contribution in [2.75, 3.05) is 12.8 Å². The molecular weight excluding hydrogens is 385 g/mol. The van der Waals surface area contributed by atoms with Crippen molar-refractivity contribution in [1.29, 1.82) is 0 Å². The average molecular weight is 398 g/mol. The summed E-state index contributed by atoms with van der Waals surface area (Å²) in [5, 5.41) is 20.2. The van der Waals surface area contributed by atoms with Gasteiger partial charge >= 0.3 is 5.97 Å². The number of sulfone groups is 1. The van der Waals surface area contributed by atoms with Gasteiger partial charge in [0.25, 0.3) is 5.91 Å². The minimum atomic E-state index is -3.90. The highest BCUT2D eigenvalue weighted by Gasteiger charge is 2.31. The Balaban J connectivity index is 3.15. The van der Waals surface area contributed by atoms with Crippen LogP contribution in [0, 0.1) is 5.82 Å². The maximum atomic E-state index is 14.1. The molecule has 1 atom stereocenters. The van der Waals surface area contributed by atoms with Crippen LogP contribution in [0.25, 0.3) is 0 Å². The number of rotatable bonds is 5. The molecule has 0 spiro atoms. The van der Waals surface area contributed by atoms with E-state index in [1.54, 1.807) is 0 Å². The molecule has 0 aliphatic rings. The zero-order valence-electron chi connectivity index (χ0n) is 11.6. The Bertz CT molecular complexity index is 731. The molecule has 0 aliphatic heterocycles. The van der Waals surface area contributed by atoms with Crippen molar-refractivity contribution < 1.29 is 32.6 Å². The van der Waals surface area contributed by atoms with Crippen molar-refractivity contribution >= 4 is 37.6 Å². The highest BCUT2D eigenvalue weighted by molar-refractivity contribution is 9.10. The Kier molecular flexibility index (Phi) is 5.31. The van der Waals surface area contributed by atoms with Crippen molar-refractivity contribution in [3.05, 3.63) is 28.0 Å². The smallest absolute Gasteiger partial charge is 0.337 e. The fourth-order valence-electron chi connectivity index (χ4n) is 1.42. The molecule has 22 heavy (non-hydrogen) atoms. The van der Waals surface area contributed by atoms with E-state index < -0.39 is 50.1 Å². The van der Waals surface area contributed by atoms with Crippen molar-refractivity contribution in [1.82, 2.24) is 5.32 Å². The molecule has 7 nitrogen and oxygen atoms in total. The van der Waals surface area contributed by atoms with Crippen LogP contribution >= 0.6 is 15.9 Å². The van der Waals surface area contributed by atoms with E-state index in [9.17, 15) is 27.5 Å². The number of nitrogens with one attached hydrogen (secondary N) is 1. The normalized spacial score (nSPS) is 14.2. The predicted molar refractivity (Wildman–Crippen MR) is 77.8 cm³/mol. The van der Waals surface area contributed by atoms with Crippen LogP contribution in [0.15, 0.2) is 21.5 Å². The molecule has 1 aromatic rings. The number of carbonyl (C=O) groups is 2. The van der Waals surface area contributed by atoms with E-state index in [-0.39, 0.29) is 4.47 Å². The summed E-state index contributed by atoms with van der Waals surface area (Å²) in [7, 11) is -3.90. The molecular formula is C12H13BrFNO6S. The summed E-state index contributed by atoms with van der Waals surface area (Å²) in [6.07, 6.45) is 0.786. The van der Waals surface area contributed by atoms with Gasteiger partial charge in [0.05, 0.1) is 12.1 Å². The van der Waals surface area contributed by atoms with Crippen LogP contribution in [0.3, 0.4) is 0 Å². The minimum Gasteiger partial charge on any atom is -0.479 e. The first-order valence-corrected chi connectivity index (χ1v) is 8.48.